The van der Waals surface area contributed by atoms with E-state index in [0.29, 0.717) is 30.2 Å². The third-order valence-electron chi connectivity index (χ3n) is 5.90. The molecule has 2 aromatic rings. The van der Waals surface area contributed by atoms with Crippen molar-refractivity contribution in [2.45, 2.75) is 6.92 Å². The quantitative estimate of drug-likeness (QED) is 0.739. The predicted molar refractivity (Wildman–Crippen MR) is 98.7 cm³/mol. The first kappa shape index (κ1) is 18.6. The number of carbonyl (C=O) groups is 2. The van der Waals surface area contributed by atoms with E-state index in [1.165, 1.54) is 14.2 Å². The first-order chi connectivity index (χ1) is 13.5. The normalized spacial score (nSPS) is 23.7. The number of likely N-dealkylation sites (tertiary alicyclic amines) is 1. The van der Waals surface area contributed by atoms with E-state index in [1.807, 2.05) is 13.0 Å². The number of methoxy groups -OCH3 is 3. The van der Waals surface area contributed by atoms with Crippen LogP contribution in [0.3, 0.4) is 0 Å². The zero-order valence-corrected chi connectivity index (χ0v) is 16.4. The molecule has 0 saturated carbocycles. The van der Waals surface area contributed by atoms with Crippen molar-refractivity contribution in [2.75, 3.05) is 47.6 Å². The van der Waals surface area contributed by atoms with Gasteiger partial charge in [-0.2, -0.15) is 0 Å². The molecule has 28 heavy (non-hydrogen) atoms. The molecule has 150 valence electrons. The molecule has 2 aliphatic rings. The molecule has 2 aliphatic heterocycles. The minimum Gasteiger partial charge on any atom is -0.493 e. The number of furan rings is 1. The number of rotatable bonds is 4. The summed E-state index contributed by atoms with van der Waals surface area (Å²) in [4.78, 5) is 27.3. The Bertz CT molecular complexity index is 950. The summed E-state index contributed by atoms with van der Waals surface area (Å²) in [6.45, 7) is 3.20. The molecule has 0 radical (unpaired) electrons. The number of amides is 1. The topological polar surface area (TPSA) is 87.4 Å². The Balaban J connectivity index is 1.70. The first-order valence-corrected chi connectivity index (χ1v) is 9.06. The third kappa shape index (κ3) is 2.47. The Morgan fingerprint density at radius 3 is 2.68 bits per heavy atom. The van der Waals surface area contributed by atoms with Gasteiger partial charge >= 0.3 is 5.97 Å². The highest BCUT2D eigenvalue weighted by molar-refractivity contribution is 6.01. The van der Waals surface area contributed by atoms with Crippen LogP contribution in [0.5, 0.6) is 11.5 Å². The van der Waals surface area contributed by atoms with E-state index >= 15 is 0 Å². The number of nitrogens with zero attached hydrogens (tertiary/aromatic N) is 1. The number of benzene rings is 1. The van der Waals surface area contributed by atoms with Crippen LogP contribution in [0.4, 0.5) is 0 Å². The number of ether oxygens (including phenoxy) is 4. The van der Waals surface area contributed by atoms with E-state index in [9.17, 15) is 9.59 Å². The summed E-state index contributed by atoms with van der Waals surface area (Å²) < 4.78 is 27.2. The van der Waals surface area contributed by atoms with Gasteiger partial charge in [-0.15, -0.1) is 0 Å². The molecule has 0 unspecified atom stereocenters. The molecule has 0 bridgehead atoms. The second kappa shape index (κ2) is 6.70. The lowest BCUT2D eigenvalue weighted by Gasteiger charge is -2.23. The second-order valence-electron chi connectivity index (χ2n) is 7.28. The van der Waals surface area contributed by atoms with Gasteiger partial charge in [-0.3, -0.25) is 9.59 Å². The molecule has 3 heterocycles. The van der Waals surface area contributed by atoms with Crippen LogP contribution in [-0.2, 0) is 14.3 Å². The minimum absolute atomic E-state index is 0.0804. The Labute approximate surface area is 162 Å². The smallest absolute Gasteiger partial charge is 0.316 e. The molecule has 8 heteroatoms. The van der Waals surface area contributed by atoms with E-state index in [-0.39, 0.29) is 36.7 Å². The highest BCUT2D eigenvalue weighted by atomic mass is 16.5. The molecular weight excluding hydrogens is 366 g/mol. The van der Waals surface area contributed by atoms with Gasteiger partial charge in [-0.05, 0) is 19.1 Å². The first-order valence-electron chi connectivity index (χ1n) is 9.06. The zero-order valence-electron chi connectivity index (χ0n) is 16.4. The fourth-order valence-electron chi connectivity index (χ4n) is 4.33. The number of esters is 1. The Hall–Kier alpha value is -2.74. The van der Waals surface area contributed by atoms with Crippen LogP contribution in [0.1, 0.15) is 16.1 Å². The van der Waals surface area contributed by atoms with Gasteiger partial charge in [-0.1, -0.05) is 0 Å². The number of fused-ring (bicyclic) bond motifs is 2. The van der Waals surface area contributed by atoms with Crippen LogP contribution in [0, 0.1) is 18.3 Å². The Morgan fingerprint density at radius 2 is 2.00 bits per heavy atom. The van der Waals surface area contributed by atoms with Crippen molar-refractivity contribution < 1.29 is 33.0 Å². The largest absolute Gasteiger partial charge is 0.493 e. The monoisotopic (exact) mass is 389 g/mol. The highest BCUT2D eigenvalue weighted by Gasteiger charge is 2.58. The molecule has 1 aromatic heterocycles. The van der Waals surface area contributed by atoms with Crippen LogP contribution < -0.4 is 9.47 Å². The summed E-state index contributed by atoms with van der Waals surface area (Å²) >= 11 is 0. The third-order valence-corrected chi connectivity index (χ3v) is 5.90. The number of hydrogen-bond donors (Lipinski definition) is 0. The summed E-state index contributed by atoms with van der Waals surface area (Å²) in [5.74, 6) is 0.538. The van der Waals surface area contributed by atoms with Crippen molar-refractivity contribution in [3.8, 4) is 11.5 Å². The second-order valence-corrected chi connectivity index (χ2v) is 7.28. The van der Waals surface area contributed by atoms with E-state index in [1.54, 1.807) is 18.1 Å². The minimum atomic E-state index is -0.800. The molecular formula is C20H23NO7. The number of aryl methyl sites for hydroxylation is 1. The van der Waals surface area contributed by atoms with E-state index < -0.39 is 5.41 Å². The van der Waals surface area contributed by atoms with Crippen molar-refractivity contribution >= 4 is 22.8 Å². The predicted octanol–water partition coefficient (Wildman–Crippen LogP) is 2.02. The van der Waals surface area contributed by atoms with Gasteiger partial charge in [0.15, 0.2) is 17.1 Å². The average molecular weight is 389 g/mol. The Kier molecular flexibility index (Phi) is 4.45. The average Bonchev–Trinajstić information content (AvgIpc) is 3.37. The van der Waals surface area contributed by atoms with Crippen molar-refractivity contribution in [1.29, 1.82) is 0 Å². The molecule has 0 spiro atoms. The van der Waals surface area contributed by atoms with Gasteiger partial charge in [0, 0.05) is 30.0 Å². The molecule has 1 amide bonds. The van der Waals surface area contributed by atoms with Crippen LogP contribution in [-0.4, -0.2) is 64.4 Å². The fraction of sp³-hybridized carbons (Fsp3) is 0.500. The summed E-state index contributed by atoms with van der Waals surface area (Å²) in [5.41, 5.74) is 0.389. The lowest BCUT2D eigenvalue weighted by Crippen LogP contribution is -2.41. The van der Waals surface area contributed by atoms with Gasteiger partial charge in [0.2, 0.25) is 5.75 Å². The van der Waals surface area contributed by atoms with Gasteiger partial charge in [-0.25, -0.2) is 0 Å². The number of carbonyl (C=O) groups excluding carboxylic acids is 2. The molecule has 2 saturated heterocycles. The van der Waals surface area contributed by atoms with Crippen LogP contribution in [0.15, 0.2) is 16.5 Å². The van der Waals surface area contributed by atoms with E-state index in [0.717, 1.165) is 10.9 Å². The molecule has 2 fully saturated rings. The van der Waals surface area contributed by atoms with Crippen molar-refractivity contribution in [1.82, 2.24) is 4.90 Å². The Morgan fingerprint density at radius 1 is 1.21 bits per heavy atom. The molecule has 0 aliphatic carbocycles. The summed E-state index contributed by atoms with van der Waals surface area (Å²) in [6, 6.07) is 3.62. The van der Waals surface area contributed by atoms with E-state index in [4.69, 9.17) is 23.4 Å². The van der Waals surface area contributed by atoms with Crippen molar-refractivity contribution in [3.63, 3.8) is 0 Å². The SMILES string of the molecule is COC(=O)[C@@]12COC[C@@H]1CN(C(=O)c1oc3c(OC)c(OC)ccc3c1C)C2. The molecule has 2 atom stereocenters. The summed E-state index contributed by atoms with van der Waals surface area (Å²) in [5, 5.41) is 0.784. The van der Waals surface area contributed by atoms with Gasteiger partial charge < -0.3 is 28.3 Å². The molecule has 0 N–H and O–H groups in total. The van der Waals surface area contributed by atoms with Gasteiger partial charge in [0.05, 0.1) is 34.5 Å². The van der Waals surface area contributed by atoms with Crippen LogP contribution in [0.2, 0.25) is 0 Å². The van der Waals surface area contributed by atoms with Gasteiger partial charge in [0.1, 0.15) is 5.41 Å². The maximum atomic E-state index is 13.2. The number of hydrogen-bond acceptors (Lipinski definition) is 7. The zero-order chi connectivity index (χ0) is 20.1. The molecule has 1 aromatic carbocycles. The van der Waals surface area contributed by atoms with Gasteiger partial charge in [0.25, 0.3) is 5.91 Å². The van der Waals surface area contributed by atoms with Crippen LogP contribution >= 0.6 is 0 Å². The summed E-state index contributed by atoms with van der Waals surface area (Å²) in [6.07, 6.45) is 0. The van der Waals surface area contributed by atoms with Crippen molar-refractivity contribution in [2.24, 2.45) is 11.3 Å². The maximum Gasteiger partial charge on any atom is 0.316 e. The summed E-state index contributed by atoms with van der Waals surface area (Å²) in [7, 11) is 4.43. The lowest BCUT2D eigenvalue weighted by atomic mass is 9.81. The fourth-order valence-corrected chi connectivity index (χ4v) is 4.33. The van der Waals surface area contributed by atoms with E-state index in [2.05, 4.69) is 0 Å². The van der Waals surface area contributed by atoms with Crippen molar-refractivity contribution in [3.05, 3.63) is 23.5 Å². The lowest BCUT2D eigenvalue weighted by molar-refractivity contribution is -0.153. The maximum absolute atomic E-state index is 13.2. The van der Waals surface area contributed by atoms with Crippen LogP contribution in [0.25, 0.3) is 11.0 Å². The molecule has 8 nitrogen and oxygen atoms in total. The highest BCUT2D eigenvalue weighted by Crippen LogP contribution is 2.44. The standard InChI is InChI=1S/C20H23NO7/c1-11-13-5-6-14(24-2)17(25-3)16(13)28-15(11)18(22)21-7-12-8-27-10-20(12,9-21)19(23)26-4/h5-6,12H,7-10H2,1-4H3/t12-,20-/m0/s1. The molecule has 4 rings (SSSR count).